The van der Waals surface area contributed by atoms with Crippen molar-refractivity contribution in [3.63, 3.8) is 0 Å². The lowest BCUT2D eigenvalue weighted by Gasteiger charge is -2.07. The van der Waals surface area contributed by atoms with Gasteiger partial charge in [-0.2, -0.15) is 5.26 Å². The van der Waals surface area contributed by atoms with Crippen LogP contribution in [-0.2, 0) is 6.54 Å². The molecule has 0 saturated heterocycles. The fourth-order valence-electron chi connectivity index (χ4n) is 2.24. The Bertz CT molecular complexity index is 1070. The lowest BCUT2D eigenvalue weighted by atomic mass is 10.2. The van der Waals surface area contributed by atoms with Crippen molar-refractivity contribution in [3.05, 3.63) is 84.8 Å². The summed E-state index contributed by atoms with van der Waals surface area (Å²) in [6.45, 7) is 0.0941. The Labute approximate surface area is 145 Å². The quantitative estimate of drug-likeness (QED) is 0.746. The normalized spacial score (nSPS) is 10.2. The van der Waals surface area contributed by atoms with Gasteiger partial charge in [-0.3, -0.25) is 14.2 Å². The summed E-state index contributed by atoms with van der Waals surface area (Å²) in [5.41, 5.74) is -0.667. The van der Waals surface area contributed by atoms with Crippen LogP contribution in [0.25, 0.3) is 0 Å². The van der Waals surface area contributed by atoms with E-state index in [1.807, 2.05) is 17.5 Å². The molecule has 0 aliphatic rings. The minimum Gasteiger partial charge on any atom is -0.322 e. The van der Waals surface area contributed by atoms with Crippen LogP contribution in [0.4, 0.5) is 5.69 Å². The molecule has 0 aliphatic heterocycles. The third kappa shape index (κ3) is 3.57. The lowest BCUT2D eigenvalue weighted by Crippen LogP contribution is -2.39. The van der Waals surface area contributed by atoms with Crippen LogP contribution in [0.15, 0.2) is 57.6 Å². The van der Waals surface area contributed by atoms with Gasteiger partial charge < -0.3 is 10.3 Å². The summed E-state index contributed by atoms with van der Waals surface area (Å²) >= 11 is 1.41. The number of aromatic amines is 1. The standard InChI is InChI=1S/C17H12N4O3S/c18-8-11-3-1-4-12(7-11)20-15(22)14-9-19-17(24)21(16(14)23)10-13-5-2-6-25-13/h1-7,9H,10H2,(H,19,24)(H,20,22). The van der Waals surface area contributed by atoms with Crippen LogP contribution in [-0.4, -0.2) is 15.5 Å². The molecular weight excluding hydrogens is 340 g/mol. The molecule has 0 saturated carbocycles. The summed E-state index contributed by atoms with van der Waals surface area (Å²) in [4.78, 5) is 40.0. The first-order valence-electron chi connectivity index (χ1n) is 7.25. The molecule has 0 spiro atoms. The summed E-state index contributed by atoms with van der Waals surface area (Å²) in [6, 6.07) is 11.9. The Hall–Kier alpha value is -3.44. The minimum atomic E-state index is -0.675. The van der Waals surface area contributed by atoms with Crippen LogP contribution < -0.4 is 16.6 Å². The van der Waals surface area contributed by atoms with Gasteiger partial charge in [-0.05, 0) is 29.6 Å². The van der Waals surface area contributed by atoms with E-state index in [0.29, 0.717) is 11.3 Å². The number of rotatable bonds is 4. The molecule has 2 heterocycles. The molecule has 1 amide bonds. The largest absolute Gasteiger partial charge is 0.328 e. The number of carbonyl (C=O) groups excluding carboxylic acids is 1. The average Bonchev–Trinajstić information content (AvgIpc) is 3.12. The number of hydrogen-bond acceptors (Lipinski definition) is 5. The zero-order chi connectivity index (χ0) is 17.8. The van der Waals surface area contributed by atoms with Crippen molar-refractivity contribution in [2.24, 2.45) is 0 Å². The number of nitriles is 1. The van der Waals surface area contributed by atoms with E-state index in [0.717, 1.165) is 15.6 Å². The van der Waals surface area contributed by atoms with Crippen LogP contribution in [0.1, 0.15) is 20.8 Å². The highest BCUT2D eigenvalue weighted by atomic mass is 32.1. The number of benzene rings is 1. The molecule has 25 heavy (non-hydrogen) atoms. The number of hydrogen-bond donors (Lipinski definition) is 2. The van der Waals surface area contributed by atoms with Gasteiger partial charge >= 0.3 is 5.69 Å². The van der Waals surface area contributed by atoms with Gasteiger partial charge in [-0.1, -0.05) is 12.1 Å². The van der Waals surface area contributed by atoms with Crippen molar-refractivity contribution in [1.82, 2.24) is 9.55 Å². The first kappa shape index (κ1) is 16.4. The molecule has 0 bridgehead atoms. The number of amides is 1. The maximum atomic E-state index is 12.5. The third-order valence-electron chi connectivity index (χ3n) is 3.45. The molecule has 124 valence electrons. The Morgan fingerprint density at radius 2 is 2.12 bits per heavy atom. The fraction of sp³-hybridized carbons (Fsp3) is 0.0588. The van der Waals surface area contributed by atoms with Gasteiger partial charge in [0.15, 0.2) is 0 Å². The molecule has 0 unspecified atom stereocenters. The van der Waals surface area contributed by atoms with Gasteiger partial charge in [-0.15, -0.1) is 11.3 Å². The van der Waals surface area contributed by atoms with Crippen molar-refractivity contribution in [3.8, 4) is 6.07 Å². The van der Waals surface area contributed by atoms with Crippen molar-refractivity contribution in [2.45, 2.75) is 6.54 Å². The van der Waals surface area contributed by atoms with E-state index in [9.17, 15) is 14.4 Å². The highest BCUT2D eigenvalue weighted by molar-refractivity contribution is 7.09. The molecule has 0 fully saturated rings. The van der Waals surface area contributed by atoms with E-state index in [1.165, 1.54) is 17.4 Å². The summed E-state index contributed by atoms with van der Waals surface area (Å²) < 4.78 is 0.979. The first-order chi connectivity index (χ1) is 12.1. The maximum Gasteiger partial charge on any atom is 0.328 e. The van der Waals surface area contributed by atoms with E-state index >= 15 is 0 Å². The van der Waals surface area contributed by atoms with Crippen molar-refractivity contribution < 1.29 is 4.79 Å². The molecule has 3 rings (SSSR count). The van der Waals surface area contributed by atoms with Gasteiger partial charge in [-0.25, -0.2) is 4.79 Å². The second kappa shape index (κ2) is 6.98. The number of thiophene rings is 1. The Balaban J connectivity index is 1.92. The van der Waals surface area contributed by atoms with E-state index in [-0.39, 0.29) is 12.1 Å². The highest BCUT2D eigenvalue weighted by Crippen LogP contribution is 2.11. The molecule has 0 atom stereocenters. The maximum absolute atomic E-state index is 12.5. The van der Waals surface area contributed by atoms with E-state index in [2.05, 4.69) is 10.3 Å². The second-order valence-electron chi connectivity index (χ2n) is 5.12. The number of carbonyl (C=O) groups is 1. The van der Waals surface area contributed by atoms with Crippen LogP contribution in [0, 0.1) is 11.3 Å². The van der Waals surface area contributed by atoms with E-state index in [4.69, 9.17) is 5.26 Å². The van der Waals surface area contributed by atoms with Crippen LogP contribution in [0.3, 0.4) is 0 Å². The minimum absolute atomic E-state index is 0.0941. The number of aromatic nitrogens is 2. The first-order valence-corrected chi connectivity index (χ1v) is 8.13. The van der Waals surface area contributed by atoms with Gasteiger partial charge in [0.2, 0.25) is 0 Å². The summed E-state index contributed by atoms with van der Waals surface area (Å²) in [6.07, 6.45) is 1.10. The third-order valence-corrected chi connectivity index (χ3v) is 4.31. The number of nitrogens with one attached hydrogen (secondary N) is 2. The highest BCUT2D eigenvalue weighted by Gasteiger charge is 2.15. The molecular formula is C17H12N4O3S. The summed E-state index contributed by atoms with van der Waals surface area (Å²) in [5, 5.41) is 13.3. The number of nitrogens with zero attached hydrogens (tertiary/aromatic N) is 2. The van der Waals surface area contributed by atoms with Gasteiger partial charge in [0.1, 0.15) is 5.56 Å². The van der Waals surface area contributed by atoms with Gasteiger partial charge in [0.05, 0.1) is 18.2 Å². The van der Waals surface area contributed by atoms with Gasteiger partial charge in [0, 0.05) is 16.8 Å². The van der Waals surface area contributed by atoms with Crippen molar-refractivity contribution >= 4 is 22.9 Å². The molecule has 0 radical (unpaired) electrons. The molecule has 8 heteroatoms. The average molecular weight is 352 g/mol. The molecule has 7 nitrogen and oxygen atoms in total. The summed E-state index contributed by atoms with van der Waals surface area (Å²) in [7, 11) is 0. The SMILES string of the molecule is N#Cc1cccc(NC(=O)c2c[nH]c(=O)n(Cc3cccs3)c2=O)c1. The van der Waals surface area contributed by atoms with Crippen LogP contribution in [0.5, 0.6) is 0 Å². The summed E-state index contributed by atoms with van der Waals surface area (Å²) in [5.74, 6) is -0.656. The van der Waals surface area contributed by atoms with Crippen molar-refractivity contribution in [2.75, 3.05) is 5.32 Å². The Morgan fingerprint density at radius 3 is 2.84 bits per heavy atom. The predicted octanol–water partition coefficient (Wildman–Crippen LogP) is 1.77. The monoisotopic (exact) mass is 352 g/mol. The number of H-pyrrole nitrogens is 1. The van der Waals surface area contributed by atoms with Crippen LogP contribution in [0.2, 0.25) is 0 Å². The molecule has 2 N–H and O–H groups in total. The predicted molar refractivity (Wildman–Crippen MR) is 93.9 cm³/mol. The van der Waals surface area contributed by atoms with E-state index in [1.54, 1.807) is 24.3 Å². The topological polar surface area (TPSA) is 108 Å². The molecule has 2 aromatic heterocycles. The zero-order valence-corrected chi connectivity index (χ0v) is 13.7. The fourth-order valence-corrected chi connectivity index (χ4v) is 2.93. The Morgan fingerprint density at radius 1 is 1.28 bits per heavy atom. The molecule has 1 aromatic carbocycles. The van der Waals surface area contributed by atoms with E-state index < -0.39 is 17.2 Å². The molecule has 0 aliphatic carbocycles. The van der Waals surface area contributed by atoms with Gasteiger partial charge in [0.25, 0.3) is 11.5 Å². The smallest absolute Gasteiger partial charge is 0.322 e. The zero-order valence-electron chi connectivity index (χ0n) is 12.9. The van der Waals surface area contributed by atoms with Crippen LogP contribution >= 0.6 is 11.3 Å². The molecule has 3 aromatic rings. The lowest BCUT2D eigenvalue weighted by molar-refractivity contribution is 0.102. The van der Waals surface area contributed by atoms with Crippen molar-refractivity contribution in [1.29, 1.82) is 5.26 Å². The Kier molecular flexibility index (Phi) is 4.59. The number of anilines is 1. The second-order valence-corrected chi connectivity index (χ2v) is 6.16.